The van der Waals surface area contributed by atoms with Crippen LogP contribution in [0.25, 0.3) is 11.3 Å². The van der Waals surface area contributed by atoms with Gasteiger partial charge in [0, 0.05) is 5.56 Å². The Balaban J connectivity index is 2.64. The third-order valence-corrected chi connectivity index (χ3v) is 2.09. The van der Waals surface area contributed by atoms with Gasteiger partial charge < -0.3 is 15.7 Å². The molecule has 2 rings (SSSR count). The number of aromatic nitrogens is 2. The zero-order valence-electron chi connectivity index (χ0n) is 8.08. The van der Waals surface area contributed by atoms with Crippen LogP contribution in [0.3, 0.4) is 0 Å². The van der Waals surface area contributed by atoms with Gasteiger partial charge in [-0.1, -0.05) is 12.1 Å². The van der Waals surface area contributed by atoms with Gasteiger partial charge in [-0.3, -0.25) is 4.79 Å². The van der Waals surface area contributed by atoms with E-state index in [1.807, 2.05) is 0 Å². The molecule has 0 atom stereocenters. The molecule has 82 valence electrons. The van der Waals surface area contributed by atoms with E-state index in [1.165, 1.54) is 18.2 Å². The molecule has 1 aromatic carbocycles. The number of halogens is 1. The first kappa shape index (κ1) is 10.2. The number of nitrogens with two attached hydrogens (primary N) is 1. The Labute approximate surface area is 89.1 Å². The summed E-state index contributed by atoms with van der Waals surface area (Å²) in [6.07, 6.45) is 0. The molecule has 0 spiro atoms. The summed E-state index contributed by atoms with van der Waals surface area (Å²) in [6.45, 7) is 0. The van der Waals surface area contributed by atoms with Gasteiger partial charge in [0.25, 0.3) is 5.91 Å². The van der Waals surface area contributed by atoms with Gasteiger partial charge in [-0.05, 0) is 12.1 Å². The lowest BCUT2D eigenvalue weighted by Crippen LogP contribution is -2.14. The normalized spacial score (nSPS) is 10.3. The number of carbonyl (C=O) groups excluding carboxylic acids is 1. The molecule has 2 aromatic rings. The number of carbonyl (C=O) groups is 1. The van der Waals surface area contributed by atoms with Crippen molar-refractivity contribution in [3.63, 3.8) is 0 Å². The van der Waals surface area contributed by atoms with E-state index in [-0.39, 0.29) is 11.4 Å². The van der Waals surface area contributed by atoms with Crippen LogP contribution in [0.2, 0.25) is 0 Å². The molecule has 0 unspecified atom stereocenters. The van der Waals surface area contributed by atoms with Crippen molar-refractivity contribution in [1.29, 1.82) is 0 Å². The summed E-state index contributed by atoms with van der Waals surface area (Å²) in [5.74, 6) is -1.24. The zero-order chi connectivity index (χ0) is 11.7. The highest BCUT2D eigenvalue weighted by Crippen LogP contribution is 2.19. The average molecular weight is 221 g/mol. The van der Waals surface area contributed by atoms with E-state index in [1.54, 1.807) is 6.07 Å². The largest absolute Gasteiger partial charge is 0.364 e. The maximum Gasteiger partial charge on any atom is 0.323 e. The van der Waals surface area contributed by atoms with Gasteiger partial charge in [0.2, 0.25) is 0 Å². The highest BCUT2D eigenvalue weighted by Gasteiger charge is 2.14. The Morgan fingerprint density at radius 1 is 1.31 bits per heavy atom. The molecule has 0 saturated heterocycles. The second-order valence-electron chi connectivity index (χ2n) is 3.20. The monoisotopic (exact) mass is 221 g/mol. The van der Waals surface area contributed by atoms with Crippen LogP contribution in [-0.4, -0.2) is 15.9 Å². The summed E-state index contributed by atoms with van der Waals surface area (Å²) < 4.78 is 13.0. The predicted octanol–water partition coefficient (Wildman–Crippen LogP) is 0.608. The van der Waals surface area contributed by atoms with Gasteiger partial charge in [0.15, 0.2) is 0 Å². The van der Waals surface area contributed by atoms with Crippen molar-refractivity contribution >= 4 is 5.91 Å². The van der Waals surface area contributed by atoms with Crippen LogP contribution < -0.4 is 11.4 Å². The summed E-state index contributed by atoms with van der Waals surface area (Å²) in [5.41, 5.74) is 5.03. The molecule has 0 aliphatic carbocycles. The maximum atomic E-state index is 13.0. The molecular formula is C10H8FN3O2. The van der Waals surface area contributed by atoms with Crippen LogP contribution in [0.1, 0.15) is 10.5 Å². The van der Waals surface area contributed by atoms with Crippen molar-refractivity contribution < 1.29 is 9.18 Å². The predicted molar refractivity (Wildman–Crippen MR) is 55.3 cm³/mol. The molecule has 1 heterocycles. The molecule has 0 saturated carbocycles. The smallest absolute Gasteiger partial charge is 0.323 e. The molecule has 1 amide bonds. The van der Waals surface area contributed by atoms with Crippen molar-refractivity contribution in [3.8, 4) is 11.3 Å². The topological polar surface area (TPSA) is 91.7 Å². The van der Waals surface area contributed by atoms with E-state index in [9.17, 15) is 14.0 Å². The van der Waals surface area contributed by atoms with Gasteiger partial charge in [0.05, 0.1) is 5.69 Å². The van der Waals surface area contributed by atoms with E-state index in [0.717, 1.165) is 0 Å². The average Bonchev–Trinajstić information content (AvgIpc) is 2.60. The molecule has 6 heteroatoms. The first-order valence-electron chi connectivity index (χ1n) is 4.46. The quantitative estimate of drug-likeness (QED) is 0.693. The third-order valence-electron chi connectivity index (χ3n) is 2.09. The number of hydrogen-bond acceptors (Lipinski definition) is 2. The lowest BCUT2D eigenvalue weighted by atomic mass is 10.1. The summed E-state index contributed by atoms with van der Waals surface area (Å²) in [7, 11) is 0. The second kappa shape index (κ2) is 3.65. The van der Waals surface area contributed by atoms with Crippen LogP contribution in [0.4, 0.5) is 4.39 Å². The number of H-pyrrole nitrogens is 2. The molecule has 0 aliphatic heterocycles. The molecule has 1 aromatic heterocycles. The number of primary amides is 1. The van der Waals surface area contributed by atoms with E-state index in [4.69, 9.17) is 5.73 Å². The lowest BCUT2D eigenvalue weighted by Gasteiger charge is -1.99. The van der Waals surface area contributed by atoms with E-state index in [2.05, 4.69) is 9.97 Å². The number of benzene rings is 1. The van der Waals surface area contributed by atoms with Gasteiger partial charge in [0.1, 0.15) is 11.5 Å². The minimum Gasteiger partial charge on any atom is -0.364 e. The number of aromatic amines is 2. The second-order valence-corrected chi connectivity index (χ2v) is 3.20. The fourth-order valence-electron chi connectivity index (χ4n) is 1.43. The fourth-order valence-corrected chi connectivity index (χ4v) is 1.43. The molecular weight excluding hydrogens is 213 g/mol. The molecule has 0 fully saturated rings. The van der Waals surface area contributed by atoms with Crippen LogP contribution in [-0.2, 0) is 0 Å². The van der Waals surface area contributed by atoms with Gasteiger partial charge >= 0.3 is 5.69 Å². The Morgan fingerprint density at radius 2 is 2.06 bits per heavy atom. The summed E-state index contributed by atoms with van der Waals surface area (Å²) in [6, 6.07) is 5.50. The molecule has 0 bridgehead atoms. The minimum absolute atomic E-state index is 0.0596. The highest BCUT2D eigenvalue weighted by atomic mass is 19.1. The number of nitrogens with one attached hydrogen (secondary N) is 2. The van der Waals surface area contributed by atoms with Crippen LogP contribution >= 0.6 is 0 Å². The first-order valence-corrected chi connectivity index (χ1v) is 4.46. The number of imidazole rings is 1. The van der Waals surface area contributed by atoms with E-state index >= 15 is 0 Å². The van der Waals surface area contributed by atoms with Crippen molar-refractivity contribution in [2.24, 2.45) is 5.73 Å². The van der Waals surface area contributed by atoms with Crippen LogP contribution in [0.5, 0.6) is 0 Å². The molecule has 4 N–H and O–H groups in total. The first-order chi connectivity index (χ1) is 7.58. The summed E-state index contributed by atoms with van der Waals surface area (Å²) in [5, 5.41) is 0. The molecule has 0 aliphatic rings. The molecule has 16 heavy (non-hydrogen) atoms. The lowest BCUT2D eigenvalue weighted by molar-refractivity contribution is 0.0996. The number of hydrogen-bond donors (Lipinski definition) is 3. The maximum absolute atomic E-state index is 13.0. The van der Waals surface area contributed by atoms with Crippen LogP contribution in [0.15, 0.2) is 29.1 Å². The SMILES string of the molecule is NC(=O)c1[nH]c(=O)[nH]c1-c1cccc(F)c1. The third kappa shape index (κ3) is 1.72. The van der Waals surface area contributed by atoms with E-state index in [0.29, 0.717) is 5.56 Å². The van der Waals surface area contributed by atoms with Crippen molar-refractivity contribution in [1.82, 2.24) is 9.97 Å². The minimum atomic E-state index is -0.780. The van der Waals surface area contributed by atoms with Crippen molar-refractivity contribution in [3.05, 3.63) is 46.3 Å². The van der Waals surface area contributed by atoms with Crippen molar-refractivity contribution in [2.45, 2.75) is 0 Å². The Morgan fingerprint density at radius 3 is 2.69 bits per heavy atom. The van der Waals surface area contributed by atoms with E-state index < -0.39 is 17.4 Å². The zero-order valence-corrected chi connectivity index (χ0v) is 8.08. The Kier molecular flexibility index (Phi) is 2.32. The number of rotatable bonds is 2. The van der Waals surface area contributed by atoms with Gasteiger partial charge in [-0.2, -0.15) is 0 Å². The highest BCUT2D eigenvalue weighted by molar-refractivity contribution is 5.96. The van der Waals surface area contributed by atoms with Crippen molar-refractivity contribution in [2.75, 3.05) is 0 Å². The fraction of sp³-hybridized carbons (Fsp3) is 0. The van der Waals surface area contributed by atoms with Gasteiger partial charge in [-0.25, -0.2) is 9.18 Å². The Hall–Kier alpha value is -2.37. The summed E-state index contributed by atoms with van der Waals surface area (Å²) >= 11 is 0. The van der Waals surface area contributed by atoms with Gasteiger partial charge in [-0.15, -0.1) is 0 Å². The Bertz CT molecular complexity index is 600. The number of amides is 1. The van der Waals surface area contributed by atoms with Crippen LogP contribution in [0, 0.1) is 5.82 Å². The molecule has 5 nitrogen and oxygen atoms in total. The standard InChI is InChI=1S/C10H8FN3O2/c11-6-3-1-2-5(4-6)7-8(9(12)15)14-10(16)13-7/h1-4H,(H2,12,15)(H2,13,14,16). The summed E-state index contributed by atoms with van der Waals surface area (Å²) in [4.78, 5) is 26.7. The molecule has 0 radical (unpaired) electrons.